The number of fused-ring (bicyclic) bond motifs is 1. The molecule has 25 heavy (non-hydrogen) atoms. The van der Waals surface area contributed by atoms with Gasteiger partial charge in [0, 0.05) is 29.6 Å². The van der Waals surface area contributed by atoms with E-state index in [-0.39, 0.29) is 5.92 Å². The Labute approximate surface area is 145 Å². The number of halogens is 3. The predicted molar refractivity (Wildman–Crippen MR) is 94.6 cm³/mol. The topological polar surface area (TPSA) is 30.9 Å². The number of rotatable bonds is 4. The Morgan fingerprint density at radius 1 is 1.04 bits per heavy atom. The standard InChI is InChI=1S/C20H21F3N2/c1-13-19(17-5-3-4-6-18(17)25(13)2)15(12-24)11-14-7-9-16(10-8-14)20(21,22)23/h3-10,15H,11-12,24H2,1-2H3. The number of aryl methyl sites for hydroxylation is 1. The lowest BCUT2D eigenvalue weighted by molar-refractivity contribution is -0.137. The molecule has 2 nitrogen and oxygen atoms in total. The van der Waals surface area contributed by atoms with Crippen LogP contribution in [0.5, 0.6) is 0 Å². The van der Waals surface area contributed by atoms with Gasteiger partial charge in [-0.1, -0.05) is 30.3 Å². The Bertz CT molecular complexity index is 876. The second-order valence-corrected chi connectivity index (χ2v) is 6.41. The highest BCUT2D eigenvalue weighted by Gasteiger charge is 2.30. The summed E-state index contributed by atoms with van der Waals surface area (Å²) in [4.78, 5) is 0. The van der Waals surface area contributed by atoms with E-state index >= 15 is 0 Å². The van der Waals surface area contributed by atoms with Gasteiger partial charge in [-0.05, 0) is 49.2 Å². The van der Waals surface area contributed by atoms with E-state index in [0.29, 0.717) is 13.0 Å². The van der Waals surface area contributed by atoms with Gasteiger partial charge in [0.05, 0.1) is 5.56 Å². The molecule has 3 aromatic rings. The van der Waals surface area contributed by atoms with Crippen molar-refractivity contribution < 1.29 is 13.2 Å². The average molecular weight is 346 g/mol. The first-order chi connectivity index (χ1) is 11.8. The Hall–Kier alpha value is -2.27. The van der Waals surface area contributed by atoms with E-state index in [9.17, 15) is 13.2 Å². The van der Waals surface area contributed by atoms with Crippen molar-refractivity contribution >= 4 is 10.9 Å². The fourth-order valence-electron chi connectivity index (χ4n) is 3.48. The van der Waals surface area contributed by atoms with Gasteiger partial charge in [-0.2, -0.15) is 13.2 Å². The number of hydrogen-bond acceptors (Lipinski definition) is 1. The first kappa shape index (κ1) is 17.5. The van der Waals surface area contributed by atoms with Crippen LogP contribution in [-0.4, -0.2) is 11.1 Å². The van der Waals surface area contributed by atoms with Crippen molar-refractivity contribution in [3.63, 3.8) is 0 Å². The SMILES string of the molecule is Cc1c(C(CN)Cc2ccc(C(F)(F)F)cc2)c2ccccc2n1C. The number of nitrogens with two attached hydrogens (primary N) is 1. The molecule has 1 atom stereocenters. The smallest absolute Gasteiger partial charge is 0.348 e. The van der Waals surface area contributed by atoms with Crippen molar-refractivity contribution in [3.8, 4) is 0 Å². The highest BCUT2D eigenvalue weighted by atomic mass is 19.4. The normalized spacial score (nSPS) is 13.4. The van der Waals surface area contributed by atoms with Crippen molar-refractivity contribution in [3.05, 3.63) is 70.9 Å². The lowest BCUT2D eigenvalue weighted by Gasteiger charge is -2.17. The van der Waals surface area contributed by atoms with Gasteiger partial charge in [-0.3, -0.25) is 0 Å². The molecule has 5 heteroatoms. The van der Waals surface area contributed by atoms with E-state index in [1.165, 1.54) is 5.56 Å². The molecular formula is C20H21F3N2. The summed E-state index contributed by atoms with van der Waals surface area (Å²) in [5.74, 6) is 0.0582. The minimum Gasteiger partial charge on any atom is -0.348 e. The molecule has 0 bridgehead atoms. The second-order valence-electron chi connectivity index (χ2n) is 6.41. The van der Waals surface area contributed by atoms with Crippen LogP contribution in [0.25, 0.3) is 10.9 Å². The third-order valence-corrected chi connectivity index (χ3v) is 4.90. The Balaban J connectivity index is 1.95. The number of para-hydroxylation sites is 1. The van der Waals surface area contributed by atoms with Crippen LogP contribution in [-0.2, 0) is 19.6 Å². The third kappa shape index (κ3) is 3.29. The Morgan fingerprint density at radius 3 is 2.28 bits per heavy atom. The maximum Gasteiger partial charge on any atom is 0.416 e. The zero-order valence-electron chi connectivity index (χ0n) is 14.3. The van der Waals surface area contributed by atoms with Crippen molar-refractivity contribution in [2.45, 2.75) is 25.4 Å². The van der Waals surface area contributed by atoms with Gasteiger partial charge in [0.25, 0.3) is 0 Å². The minimum atomic E-state index is -4.31. The van der Waals surface area contributed by atoms with Crippen LogP contribution in [0.15, 0.2) is 48.5 Å². The zero-order chi connectivity index (χ0) is 18.2. The average Bonchev–Trinajstić information content (AvgIpc) is 2.84. The lowest BCUT2D eigenvalue weighted by Crippen LogP contribution is -2.16. The second kappa shape index (κ2) is 6.56. The fourth-order valence-corrected chi connectivity index (χ4v) is 3.48. The summed E-state index contributed by atoms with van der Waals surface area (Å²) in [6, 6.07) is 13.5. The number of aromatic nitrogens is 1. The molecule has 0 amide bonds. The van der Waals surface area contributed by atoms with Gasteiger partial charge in [-0.15, -0.1) is 0 Å². The molecule has 0 fully saturated rings. The third-order valence-electron chi connectivity index (χ3n) is 4.90. The molecule has 1 aromatic heterocycles. The molecule has 0 saturated carbocycles. The van der Waals surface area contributed by atoms with Crippen LogP contribution in [0, 0.1) is 6.92 Å². The van der Waals surface area contributed by atoms with E-state index in [1.807, 2.05) is 19.2 Å². The highest BCUT2D eigenvalue weighted by Crippen LogP contribution is 2.34. The number of alkyl halides is 3. The molecule has 0 saturated heterocycles. The fraction of sp³-hybridized carbons (Fsp3) is 0.300. The van der Waals surface area contributed by atoms with Gasteiger partial charge in [0.1, 0.15) is 0 Å². The Kier molecular flexibility index (Phi) is 4.60. The number of benzene rings is 2. The van der Waals surface area contributed by atoms with Crippen molar-refractivity contribution in [1.29, 1.82) is 0 Å². The van der Waals surface area contributed by atoms with Gasteiger partial charge in [0.15, 0.2) is 0 Å². The summed E-state index contributed by atoms with van der Waals surface area (Å²) in [6.45, 7) is 2.50. The number of hydrogen-bond donors (Lipinski definition) is 1. The monoisotopic (exact) mass is 346 g/mol. The van der Waals surface area contributed by atoms with Crippen molar-refractivity contribution in [2.75, 3.05) is 6.54 Å². The molecule has 1 unspecified atom stereocenters. The largest absolute Gasteiger partial charge is 0.416 e. The highest BCUT2D eigenvalue weighted by molar-refractivity contribution is 5.86. The maximum absolute atomic E-state index is 12.7. The van der Waals surface area contributed by atoms with Crippen LogP contribution in [0.3, 0.4) is 0 Å². The first-order valence-corrected chi connectivity index (χ1v) is 8.23. The first-order valence-electron chi connectivity index (χ1n) is 8.23. The van der Waals surface area contributed by atoms with Gasteiger partial charge >= 0.3 is 6.18 Å². The lowest BCUT2D eigenvalue weighted by atomic mass is 9.89. The maximum atomic E-state index is 12.7. The summed E-state index contributed by atoms with van der Waals surface area (Å²) in [6.07, 6.45) is -3.69. The van der Waals surface area contributed by atoms with E-state index in [1.54, 1.807) is 12.1 Å². The van der Waals surface area contributed by atoms with E-state index in [0.717, 1.165) is 34.3 Å². The molecule has 0 aliphatic rings. The summed E-state index contributed by atoms with van der Waals surface area (Å²) >= 11 is 0. The van der Waals surface area contributed by atoms with Crippen LogP contribution in [0.2, 0.25) is 0 Å². The molecular weight excluding hydrogens is 325 g/mol. The van der Waals surface area contributed by atoms with Crippen LogP contribution < -0.4 is 5.73 Å². The van der Waals surface area contributed by atoms with Crippen molar-refractivity contribution in [2.24, 2.45) is 12.8 Å². The quantitative estimate of drug-likeness (QED) is 0.723. The van der Waals surface area contributed by atoms with Crippen LogP contribution in [0.4, 0.5) is 13.2 Å². The van der Waals surface area contributed by atoms with Gasteiger partial charge in [-0.25, -0.2) is 0 Å². The zero-order valence-corrected chi connectivity index (χ0v) is 14.3. The summed E-state index contributed by atoms with van der Waals surface area (Å²) < 4.78 is 40.3. The summed E-state index contributed by atoms with van der Waals surface area (Å²) in [7, 11) is 2.02. The molecule has 0 spiro atoms. The van der Waals surface area contributed by atoms with E-state index in [4.69, 9.17) is 5.73 Å². The van der Waals surface area contributed by atoms with Crippen LogP contribution >= 0.6 is 0 Å². The van der Waals surface area contributed by atoms with Crippen molar-refractivity contribution in [1.82, 2.24) is 4.57 Å². The Morgan fingerprint density at radius 2 is 1.68 bits per heavy atom. The molecule has 0 aliphatic carbocycles. The van der Waals surface area contributed by atoms with E-state index < -0.39 is 11.7 Å². The summed E-state index contributed by atoms with van der Waals surface area (Å²) in [5, 5.41) is 1.16. The molecule has 2 N–H and O–H groups in total. The van der Waals surface area contributed by atoms with Gasteiger partial charge < -0.3 is 10.3 Å². The molecule has 0 aliphatic heterocycles. The summed E-state index contributed by atoms with van der Waals surface area (Å²) in [5.41, 5.74) is 9.73. The molecule has 2 aromatic carbocycles. The van der Waals surface area contributed by atoms with Gasteiger partial charge in [0.2, 0.25) is 0 Å². The molecule has 132 valence electrons. The number of nitrogens with zero attached hydrogens (tertiary/aromatic N) is 1. The molecule has 0 radical (unpaired) electrons. The molecule has 3 rings (SSSR count). The minimum absolute atomic E-state index is 0.0582. The predicted octanol–water partition coefficient (Wildman–Crippen LogP) is 4.79. The van der Waals surface area contributed by atoms with E-state index in [2.05, 4.69) is 23.6 Å². The molecule has 1 heterocycles. The van der Waals surface area contributed by atoms with Crippen LogP contribution in [0.1, 0.15) is 28.3 Å².